The molecular formula is C30H33ClN6O4S. The van der Waals surface area contributed by atoms with Crippen molar-refractivity contribution in [3.63, 3.8) is 0 Å². The third-order valence-electron chi connectivity index (χ3n) is 7.40. The van der Waals surface area contributed by atoms with Gasteiger partial charge in [0.15, 0.2) is 0 Å². The second-order valence-electron chi connectivity index (χ2n) is 10.6. The number of piperazine rings is 1. The number of sulfonamides is 1. The van der Waals surface area contributed by atoms with E-state index in [0.29, 0.717) is 27.8 Å². The summed E-state index contributed by atoms with van der Waals surface area (Å²) in [6.07, 6.45) is 1.05. The predicted molar refractivity (Wildman–Crippen MR) is 168 cm³/mol. The van der Waals surface area contributed by atoms with Crippen LogP contribution in [-0.2, 0) is 19.6 Å². The number of fused-ring (bicyclic) bond motifs is 1. The van der Waals surface area contributed by atoms with E-state index in [1.807, 2.05) is 30.3 Å². The molecule has 0 bridgehead atoms. The Bertz CT molecular complexity index is 1640. The van der Waals surface area contributed by atoms with Crippen molar-refractivity contribution in [1.29, 1.82) is 0 Å². The third-order valence-corrected chi connectivity index (χ3v) is 8.23. The number of rotatable bonds is 8. The van der Waals surface area contributed by atoms with Crippen LogP contribution in [0.4, 0.5) is 22.7 Å². The first-order valence-electron chi connectivity index (χ1n) is 13.5. The molecule has 5 rings (SSSR count). The number of nitrogens with zero attached hydrogens (tertiary/aromatic N) is 4. The maximum Gasteiger partial charge on any atom is 0.240 e. The summed E-state index contributed by atoms with van der Waals surface area (Å²) in [7, 11) is -0.00692. The van der Waals surface area contributed by atoms with Gasteiger partial charge in [-0.25, -0.2) is 8.42 Å². The summed E-state index contributed by atoms with van der Waals surface area (Å²) in [4.78, 5) is 37.1. The Morgan fingerprint density at radius 3 is 2.48 bits per heavy atom. The van der Waals surface area contributed by atoms with Gasteiger partial charge in [-0.3, -0.25) is 24.2 Å². The number of likely N-dealkylation sites (N-methyl/N-ethyl adjacent to an activating group) is 2. The molecule has 1 fully saturated rings. The number of hydrogen-bond donors (Lipinski definition) is 2. The fourth-order valence-electron chi connectivity index (χ4n) is 5.16. The van der Waals surface area contributed by atoms with Crippen molar-refractivity contribution < 1.29 is 18.0 Å². The lowest BCUT2D eigenvalue weighted by atomic mass is 9.90. The van der Waals surface area contributed by atoms with E-state index < -0.39 is 15.9 Å². The smallest absolute Gasteiger partial charge is 0.240 e. The summed E-state index contributed by atoms with van der Waals surface area (Å²) in [6.45, 7) is 3.55. The molecule has 3 aromatic rings. The molecule has 2 aliphatic rings. The van der Waals surface area contributed by atoms with E-state index in [1.165, 1.54) is 4.90 Å². The molecular weight excluding hydrogens is 576 g/mol. The van der Waals surface area contributed by atoms with Crippen LogP contribution >= 0.6 is 11.6 Å². The summed E-state index contributed by atoms with van der Waals surface area (Å²) >= 11 is 6.17. The van der Waals surface area contributed by atoms with E-state index in [1.54, 1.807) is 43.4 Å². The van der Waals surface area contributed by atoms with Gasteiger partial charge < -0.3 is 15.1 Å². The number of carbonyl (C=O) groups excluding carboxylic acids is 2. The molecule has 42 heavy (non-hydrogen) atoms. The van der Waals surface area contributed by atoms with Gasteiger partial charge in [0.2, 0.25) is 21.8 Å². The van der Waals surface area contributed by atoms with Gasteiger partial charge in [-0.05, 0) is 48.5 Å². The molecule has 1 atom stereocenters. The minimum atomic E-state index is -3.69. The van der Waals surface area contributed by atoms with Crippen LogP contribution in [0.1, 0.15) is 17.0 Å². The van der Waals surface area contributed by atoms with Crippen LogP contribution in [0.5, 0.6) is 0 Å². The molecule has 220 valence electrons. The SMILES string of the molecule is CN1CCN(CC(=O)N(C)c2ccc(N=C(c3ccccc3)C3C(=O)Nc4cc(Cl)ccc43)cc2NS(C)(=O)=O)CC1. The summed E-state index contributed by atoms with van der Waals surface area (Å²) in [5.41, 5.74) is 3.62. The van der Waals surface area contributed by atoms with Crippen molar-refractivity contribution in [3.05, 3.63) is 82.9 Å². The Balaban J connectivity index is 1.53. The van der Waals surface area contributed by atoms with Crippen LogP contribution in [0.3, 0.4) is 0 Å². The third kappa shape index (κ3) is 6.81. The first-order valence-corrected chi connectivity index (χ1v) is 15.8. The number of anilines is 3. The van der Waals surface area contributed by atoms with E-state index in [9.17, 15) is 18.0 Å². The molecule has 0 radical (unpaired) electrons. The molecule has 2 N–H and O–H groups in total. The molecule has 0 spiro atoms. The van der Waals surface area contributed by atoms with Crippen molar-refractivity contribution in [1.82, 2.24) is 9.80 Å². The number of carbonyl (C=O) groups is 2. The standard InChI is InChI=1S/C30H33ClN6O4S/c1-35-13-15-37(16-14-35)19-27(38)36(2)26-12-10-22(18-25(26)34-42(3,40)41)32-29(20-7-5-4-6-8-20)28-23-11-9-21(31)17-24(23)33-30(28)39/h4-12,17-18,28,34H,13-16,19H2,1-3H3,(H,33,39). The average Bonchev–Trinajstić information content (AvgIpc) is 3.26. The Morgan fingerprint density at radius 2 is 1.79 bits per heavy atom. The largest absolute Gasteiger partial charge is 0.325 e. The highest BCUT2D eigenvalue weighted by atomic mass is 35.5. The molecule has 2 amide bonds. The molecule has 0 aliphatic carbocycles. The number of hydrogen-bond acceptors (Lipinski definition) is 7. The fourth-order valence-corrected chi connectivity index (χ4v) is 5.89. The minimum Gasteiger partial charge on any atom is -0.325 e. The molecule has 1 unspecified atom stereocenters. The number of nitrogens with one attached hydrogen (secondary N) is 2. The Morgan fingerprint density at radius 1 is 1.07 bits per heavy atom. The Hall–Kier alpha value is -3.77. The second-order valence-corrected chi connectivity index (χ2v) is 12.8. The van der Waals surface area contributed by atoms with Crippen LogP contribution in [-0.4, -0.2) is 88.8 Å². The van der Waals surface area contributed by atoms with Crippen molar-refractivity contribution in [3.8, 4) is 0 Å². The van der Waals surface area contributed by atoms with Crippen LogP contribution in [0.15, 0.2) is 71.7 Å². The molecule has 2 aliphatic heterocycles. The van der Waals surface area contributed by atoms with Gasteiger partial charge in [0, 0.05) is 43.9 Å². The van der Waals surface area contributed by atoms with Gasteiger partial charge in [0.05, 0.1) is 35.6 Å². The van der Waals surface area contributed by atoms with E-state index in [2.05, 4.69) is 26.9 Å². The van der Waals surface area contributed by atoms with Gasteiger partial charge in [-0.2, -0.15) is 0 Å². The molecule has 0 aromatic heterocycles. The number of amides is 2. The van der Waals surface area contributed by atoms with Crippen molar-refractivity contribution in [2.75, 3.05) is 68.0 Å². The lowest BCUT2D eigenvalue weighted by Gasteiger charge is -2.33. The van der Waals surface area contributed by atoms with Crippen molar-refractivity contribution in [2.24, 2.45) is 4.99 Å². The second kappa shape index (κ2) is 12.2. The van der Waals surface area contributed by atoms with Gasteiger partial charge in [-0.1, -0.05) is 48.0 Å². The Kier molecular flexibility index (Phi) is 8.65. The van der Waals surface area contributed by atoms with E-state index in [4.69, 9.17) is 16.6 Å². The van der Waals surface area contributed by atoms with E-state index in [0.717, 1.165) is 43.6 Å². The predicted octanol–water partition coefficient (Wildman–Crippen LogP) is 3.78. The molecule has 3 aromatic carbocycles. The topological polar surface area (TPSA) is 114 Å². The number of halogens is 1. The molecule has 1 saturated heterocycles. The number of aliphatic imine (C=N–C) groups is 1. The molecule has 10 nitrogen and oxygen atoms in total. The maximum absolute atomic E-state index is 13.2. The fraction of sp³-hybridized carbons (Fsp3) is 0.300. The number of benzene rings is 3. The zero-order valence-corrected chi connectivity index (χ0v) is 25.2. The summed E-state index contributed by atoms with van der Waals surface area (Å²) in [5, 5.41) is 3.40. The normalized spacial score (nSPS) is 18.0. The van der Waals surface area contributed by atoms with Crippen LogP contribution in [0.2, 0.25) is 5.02 Å². The molecule has 12 heteroatoms. The zero-order chi connectivity index (χ0) is 30.0. The van der Waals surface area contributed by atoms with Crippen LogP contribution in [0.25, 0.3) is 0 Å². The zero-order valence-electron chi connectivity index (χ0n) is 23.7. The highest BCUT2D eigenvalue weighted by molar-refractivity contribution is 7.92. The summed E-state index contributed by atoms with van der Waals surface area (Å²) < 4.78 is 27.2. The van der Waals surface area contributed by atoms with Gasteiger partial charge >= 0.3 is 0 Å². The van der Waals surface area contributed by atoms with E-state index in [-0.39, 0.29) is 24.0 Å². The molecule has 0 saturated carbocycles. The van der Waals surface area contributed by atoms with Crippen molar-refractivity contribution in [2.45, 2.75) is 5.92 Å². The highest BCUT2D eigenvalue weighted by Gasteiger charge is 2.35. The van der Waals surface area contributed by atoms with Gasteiger partial charge in [-0.15, -0.1) is 0 Å². The summed E-state index contributed by atoms with van der Waals surface area (Å²) in [5.74, 6) is -1.11. The average molecular weight is 609 g/mol. The minimum absolute atomic E-state index is 0.157. The van der Waals surface area contributed by atoms with E-state index >= 15 is 0 Å². The van der Waals surface area contributed by atoms with Crippen LogP contribution in [0, 0.1) is 0 Å². The molecule has 2 heterocycles. The summed E-state index contributed by atoms with van der Waals surface area (Å²) in [6, 6.07) is 19.5. The quantitative estimate of drug-likeness (QED) is 0.376. The first-order chi connectivity index (χ1) is 20.0. The van der Waals surface area contributed by atoms with Crippen LogP contribution < -0.4 is 14.9 Å². The monoisotopic (exact) mass is 608 g/mol. The lowest BCUT2D eigenvalue weighted by Crippen LogP contribution is -2.48. The highest BCUT2D eigenvalue weighted by Crippen LogP contribution is 2.38. The van der Waals surface area contributed by atoms with Gasteiger partial charge in [0.1, 0.15) is 5.92 Å². The van der Waals surface area contributed by atoms with Crippen molar-refractivity contribution >= 4 is 61.9 Å². The Labute approximate surface area is 251 Å². The van der Waals surface area contributed by atoms with Gasteiger partial charge in [0.25, 0.3) is 0 Å². The maximum atomic E-state index is 13.2. The lowest BCUT2D eigenvalue weighted by molar-refractivity contribution is -0.120. The first kappa shape index (κ1) is 29.7.